The van der Waals surface area contributed by atoms with Gasteiger partial charge in [-0.15, -0.1) is 0 Å². The molecule has 0 aliphatic rings. The third-order valence-electron chi connectivity index (χ3n) is 4.68. The second kappa shape index (κ2) is 16.3. The molecule has 0 fully saturated rings. The van der Waals surface area contributed by atoms with E-state index in [4.69, 9.17) is 3.79 Å². The molecule has 0 aliphatic carbocycles. The molecule has 0 radical (unpaired) electrons. The van der Waals surface area contributed by atoms with Crippen LogP contribution < -0.4 is 0 Å². The highest BCUT2D eigenvalue weighted by Gasteiger charge is 2.25. The Bertz CT molecular complexity index is 209. The summed E-state index contributed by atoms with van der Waals surface area (Å²) >= 11 is -1.02. The maximum absolute atomic E-state index is 6.67. The molecule has 0 amide bonds. The van der Waals surface area contributed by atoms with Gasteiger partial charge >= 0.3 is 14.5 Å². The van der Waals surface area contributed by atoms with Crippen molar-refractivity contribution in [2.75, 3.05) is 13.1 Å². The van der Waals surface area contributed by atoms with Crippen LogP contribution in [0.5, 0.6) is 0 Å². The van der Waals surface area contributed by atoms with E-state index >= 15 is 0 Å². The van der Waals surface area contributed by atoms with Gasteiger partial charge in [-0.3, -0.25) is 4.90 Å². The van der Waals surface area contributed by atoms with Crippen LogP contribution in [-0.4, -0.2) is 38.7 Å². The SMILES string of the molecule is CCCCC[CH2][Al]([CH2]CCCCC)[O]C(CC)N(CC)CC. The van der Waals surface area contributed by atoms with Crippen LogP contribution in [-0.2, 0) is 3.79 Å². The monoisotopic (exact) mass is 327 g/mol. The first kappa shape index (κ1) is 22.5. The number of unbranched alkanes of at least 4 members (excludes halogenated alkanes) is 6. The zero-order chi connectivity index (χ0) is 16.6. The fourth-order valence-electron chi connectivity index (χ4n) is 3.17. The smallest absolute Gasteiger partial charge is 0.461 e. The molecule has 0 heterocycles. The van der Waals surface area contributed by atoms with Gasteiger partial charge in [0.15, 0.2) is 0 Å². The molecule has 1 atom stereocenters. The van der Waals surface area contributed by atoms with E-state index in [1.54, 1.807) is 0 Å². The minimum Gasteiger partial charge on any atom is -0.487 e. The molecule has 0 spiro atoms. The van der Waals surface area contributed by atoms with Crippen molar-refractivity contribution in [3.05, 3.63) is 0 Å². The Morgan fingerprint density at radius 2 is 1.23 bits per heavy atom. The van der Waals surface area contributed by atoms with Crippen LogP contribution in [0.4, 0.5) is 0 Å². The standard InChI is InChI=1S/C7H16NO.2C6H13.Al/c1-4-7(9)8(5-2)6-3;2*1-3-5-6-4-2;/h7H,4-6H2,1-3H3;2*1,3-6H2,2H3;/q-1;;;+1. The normalized spacial score (nSPS) is 12.8. The minimum atomic E-state index is -1.02. The summed E-state index contributed by atoms with van der Waals surface area (Å²) in [6.45, 7) is 13.6. The summed E-state index contributed by atoms with van der Waals surface area (Å²) < 4.78 is 6.67. The van der Waals surface area contributed by atoms with Crippen molar-refractivity contribution in [1.82, 2.24) is 4.90 Å². The molecule has 0 aliphatic heterocycles. The van der Waals surface area contributed by atoms with Crippen LogP contribution in [0.1, 0.15) is 92.4 Å². The summed E-state index contributed by atoms with van der Waals surface area (Å²) in [4.78, 5) is 2.50. The second-order valence-corrected chi connectivity index (χ2v) is 9.21. The van der Waals surface area contributed by atoms with Crippen LogP contribution in [0.25, 0.3) is 0 Å². The average Bonchev–Trinajstić information content (AvgIpc) is 2.54. The maximum Gasteiger partial charge on any atom is 0.461 e. The van der Waals surface area contributed by atoms with Crippen molar-refractivity contribution in [1.29, 1.82) is 0 Å². The number of rotatable bonds is 16. The highest BCUT2D eigenvalue weighted by Crippen LogP contribution is 2.18. The lowest BCUT2D eigenvalue weighted by atomic mass is 10.2. The molecule has 0 saturated carbocycles. The van der Waals surface area contributed by atoms with Crippen LogP contribution in [0.3, 0.4) is 0 Å². The topological polar surface area (TPSA) is 12.5 Å². The Morgan fingerprint density at radius 1 is 0.727 bits per heavy atom. The minimum absolute atomic E-state index is 0.379. The van der Waals surface area contributed by atoms with Gasteiger partial charge in [-0.1, -0.05) is 96.6 Å². The largest absolute Gasteiger partial charge is 0.487 e. The first-order chi connectivity index (χ1) is 10.7. The first-order valence-corrected chi connectivity index (χ1v) is 12.2. The predicted octanol–water partition coefficient (Wildman–Crippen LogP) is 6.23. The molecule has 0 rings (SSSR count). The highest BCUT2D eigenvalue weighted by atomic mass is 27.2. The van der Waals surface area contributed by atoms with Crippen LogP contribution in [0.2, 0.25) is 10.6 Å². The molecule has 22 heavy (non-hydrogen) atoms. The number of hydrogen-bond donors (Lipinski definition) is 0. The van der Waals surface area contributed by atoms with Gasteiger partial charge in [0.2, 0.25) is 0 Å². The van der Waals surface area contributed by atoms with E-state index in [0.29, 0.717) is 6.23 Å². The lowest BCUT2D eigenvalue weighted by Crippen LogP contribution is -2.40. The summed E-state index contributed by atoms with van der Waals surface area (Å²) in [6, 6.07) is 0. The molecule has 0 bridgehead atoms. The molecule has 1 unspecified atom stereocenters. The van der Waals surface area contributed by atoms with Crippen LogP contribution in [0.15, 0.2) is 0 Å². The Hall–Kier alpha value is 0.452. The molecule has 132 valence electrons. The summed E-state index contributed by atoms with van der Waals surface area (Å²) in [6.07, 6.45) is 12.6. The molecule has 0 aromatic carbocycles. The van der Waals surface area contributed by atoms with E-state index in [-0.39, 0.29) is 0 Å². The fraction of sp³-hybridized carbons (Fsp3) is 1.00. The van der Waals surface area contributed by atoms with Gasteiger partial charge in [-0.25, -0.2) is 0 Å². The average molecular weight is 328 g/mol. The van der Waals surface area contributed by atoms with Gasteiger partial charge in [0, 0.05) is 0 Å². The van der Waals surface area contributed by atoms with Crippen molar-refractivity contribution in [3.63, 3.8) is 0 Å². The van der Waals surface area contributed by atoms with Gasteiger partial charge in [0.1, 0.15) is 0 Å². The lowest BCUT2D eigenvalue weighted by Gasteiger charge is -2.32. The van der Waals surface area contributed by atoms with Crippen molar-refractivity contribution in [2.45, 2.75) is 109 Å². The summed E-state index contributed by atoms with van der Waals surface area (Å²) in [5.41, 5.74) is 0. The van der Waals surface area contributed by atoms with E-state index in [2.05, 4.69) is 39.5 Å². The molecular formula is C19H42AlNO. The Balaban J connectivity index is 4.32. The van der Waals surface area contributed by atoms with Crippen molar-refractivity contribution in [2.24, 2.45) is 0 Å². The lowest BCUT2D eigenvalue weighted by molar-refractivity contribution is 0.0265. The first-order valence-electron chi connectivity index (χ1n) is 10.1. The van der Waals surface area contributed by atoms with Crippen molar-refractivity contribution < 1.29 is 3.79 Å². The Morgan fingerprint density at radius 3 is 1.59 bits per heavy atom. The molecular weight excluding hydrogens is 285 g/mol. The van der Waals surface area contributed by atoms with E-state index in [9.17, 15) is 0 Å². The van der Waals surface area contributed by atoms with E-state index in [0.717, 1.165) is 19.5 Å². The highest BCUT2D eigenvalue weighted by molar-refractivity contribution is 6.51. The molecule has 0 saturated heterocycles. The fourth-order valence-corrected chi connectivity index (χ4v) is 6.03. The van der Waals surface area contributed by atoms with E-state index in [1.807, 2.05) is 0 Å². The van der Waals surface area contributed by atoms with Gasteiger partial charge in [-0.2, -0.15) is 0 Å². The predicted molar refractivity (Wildman–Crippen MR) is 102 cm³/mol. The summed E-state index contributed by atoms with van der Waals surface area (Å²) in [5.74, 6) is 0. The van der Waals surface area contributed by atoms with Crippen molar-refractivity contribution in [3.8, 4) is 0 Å². The zero-order valence-corrected chi connectivity index (χ0v) is 17.4. The Labute approximate surface area is 145 Å². The molecule has 0 aromatic rings. The molecule has 0 aromatic heterocycles. The maximum atomic E-state index is 6.67. The summed E-state index contributed by atoms with van der Waals surface area (Å²) in [5, 5.41) is 2.79. The molecule has 0 N–H and O–H groups in total. The van der Waals surface area contributed by atoms with Gasteiger partial charge in [-0.05, 0) is 19.5 Å². The third kappa shape index (κ3) is 11.1. The van der Waals surface area contributed by atoms with Gasteiger partial charge in [0.25, 0.3) is 0 Å². The van der Waals surface area contributed by atoms with E-state index < -0.39 is 14.5 Å². The quantitative estimate of drug-likeness (QED) is 0.189. The summed E-state index contributed by atoms with van der Waals surface area (Å²) in [7, 11) is 0. The second-order valence-electron chi connectivity index (χ2n) is 6.54. The third-order valence-corrected chi connectivity index (χ3v) is 7.48. The molecule has 2 nitrogen and oxygen atoms in total. The van der Waals surface area contributed by atoms with Gasteiger partial charge in [0.05, 0.1) is 6.23 Å². The van der Waals surface area contributed by atoms with Crippen LogP contribution in [0, 0.1) is 0 Å². The number of nitrogens with zero attached hydrogens (tertiary/aromatic N) is 1. The van der Waals surface area contributed by atoms with Crippen LogP contribution >= 0.6 is 0 Å². The van der Waals surface area contributed by atoms with Crippen molar-refractivity contribution >= 4 is 14.5 Å². The van der Waals surface area contributed by atoms with E-state index in [1.165, 1.54) is 61.9 Å². The Kier molecular flexibility index (Phi) is 16.7. The zero-order valence-electron chi connectivity index (χ0n) is 16.2. The number of hydrogen-bond acceptors (Lipinski definition) is 2. The molecule has 3 heteroatoms. The van der Waals surface area contributed by atoms with Gasteiger partial charge < -0.3 is 3.79 Å².